The summed E-state index contributed by atoms with van der Waals surface area (Å²) < 4.78 is 0. The molecule has 1 aliphatic heterocycles. The van der Waals surface area contributed by atoms with E-state index in [2.05, 4.69) is 28.1 Å². The molecule has 1 fully saturated rings. The zero-order valence-electron chi connectivity index (χ0n) is 11.1. The summed E-state index contributed by atoms with van der Waals surface area (Å²) in [7, 11) is 0. The minimum absolute atomic E-state index is 0.329. The van der Waals surface area contributed by atoms with Crippen molar-refractivity contribution in [3.05, 3.63) is 29.5 Å². The van der Waals surface area contributed by atoms with Crippen molar-refractivity contribution in [3.8, 4) is 6.07 Å². The summed E-state index contributed by atoms with van der Waals surface area (Å²) >= 11 is 0. The molecule has 4 nitrogen and oxygen atoms in total. The summed E-state index contributed by atoms with van der Waals surface area (Å²) in [5.74, 6) is 0. The molecule has 3 N–H and O–H groups in total. The van der Waals surface area contributed by atoms with Gasteiger partial charge in [0.1, 0.15) is 6.07 Å². The monoisotopic (exact) mass is 254 g/mol. The van der Waals surface area contributed by atoms with E-state index in [4.69, 9.17) is 5.73 Å². The van der Waals surface area contributed by atoms with E-state index in [1.807, 2.05) is 6.92 Å². The van der Waals surface area contributed by atoms with Crippen LogP contribution >= 0.6 is 0 Å². The fourth-order valence-electron chi connectivity index (χ4n) is 2.90. The number of nitrogens with zero attached hydrogens (tertiary/aromatic N) is 2. The summed E-state index contributed by atoms with van der Waals surface area (Å²) in [6.07, 6.45) is 3.86. The van der Waals surface area contributed by atoms with Gasteiger partial charge in [0.2, 0.25) is 0 Å². The first kappa shape index (κ1) is 12.1. The number of aromatic nitrogens is 1. The molecular formula is C15H18N4. The molecule has 2 heterocycles. The second kappa shape index (κ2) is 4.60. The van der Waals surface area contributed by atoms with Gasteiger partial charge in [0.05, 0.1) is 16.8 Å². The molecule has 1 aromatic carbocycles. The van der Waals surface area contributed by atoms with Gasteiger partial charge in [0.15, 0.2) is 0 Å². The van der Waals surface area contributed by atoms with Crippen LogP contribution in [0.1, 0.15) is 24.0 Å². The Morgan fingerprint density at radius 1 is 1.37 bits per heavy atom. The molecule has 0 atom stereocenters. The molecule has 0 unspecified atom stereocenters. The predicted molar refractivity (Wildman–Crippen MR) is 77.2 cm³/mol. The van der Waals surface area contributed by atoms with Gasteiger partial charge in [-0.1, -0.05) is 6.07 Å². The molecule has 0 radical (unpaired) electrons. The molecule has 1 aliphatic rings. The van der Waals surface area contributed by atoms with E-state index in [-0.39, 0.29) is 0 Å². The second-order valence-electron chi connectivity index (χ2n) is 5.29. The number of rotatable bonds is 1. The average molecular weight is 254 g/mol. The van der Waals surface area contributed by atoms with E-state index >= 15 is 0 Å². The first-order valence-corrected chi connectivity index (χ1v) is 6.72. The predicted octanol–water partition coefficient (Wildman–Crippen LogP) is 2.28. The fourth-order valence-corrected chi connectivity index (χ4v) is 2.90. The molecule has 3 rings (SSSR count). The van der Waals surface area contributed by atoms with Gasteiger partial charge in [0, 0.05) is 30.7 Å². The molecule has 0 saturated carbocycles. The number of benzene rings is 1. The number of aryl methyl sites for hydroxylation is 1. The van der Waals surface area contributed by atoms with Gasteiger partial charge in [-0.05, 0) is 31.4 Å². The standard InChI is InChI=1S/C15H18N4/c1-10-2-3-13(19-6-4-12(17)5-7-19)15-14(10)11(8-16)9-18-15/h2-3,9,12,18H,4-7,17H2,1H3. The van der Waals surface area contributed by atoms with Crippen LogP contribution in [0.25, 0.3) is 10.9 Å². The van der Waals surface area contributed by atoms with Crippen molar-refractivity contribution in [1.29, 1.82) is 5.26 Å². The Labute approximate surface area is 112 Å². The molecule has 0 aliphatic carbocycles. The molecule has 2 aromatic rings. The molecule has 98 valence electrons. The van der Waals surface area contributed by atoms with E-state index < -0.39 is 0 Å². The maximum atomic E-state index is 9.18. The Balaban J connectivity index is 2.08. The quantitative estimate of drug-likeness (QED) is 0.820. The van der Waals surface area contributed by atoms with Gasteiger partial charge in [-0.3, -0.25) is 0 Å². The first-order valence-electron chi connectivity index (χ1n) is 6.72. The third kappa shape index (κ3) is 1.96. The van der Waals surface area contributed by atoms with Gasteiger partial charge >= 0.3 is 0 Å². The van der Waals surface area contributed by atoms with Gasteiger partial charge in [-0.15, -0.1) is 0 Å². The molecule has 0 amide bonds. The van der Waals surface area contributed by atoms with Crippen LogP contribution in [0.15, 0.2) is 18.3 Å². The molecule has 19 heavy (non-hydrogen) atoms. The SMILES string of the molecule is Cc1ccc(N2CCC(N)CC2)c2[nH]cc(C#N)c12. The van der Waals surface area contributed by atoms with Crippen LogP contribution < -0.4 is 10.6 Å². The summed E-state index contributed by atoms with van der Waals surface area (Å²) in [6, 6.07) is 6.83. The van der Waals surface area contributed by atoms with Crippen molar-refractivity contribution in [1.82, 2.24) is 4.98 Å². The van der Waals surface area contributed by atoms with Gasteiger partial charge in [0.25, 0.3) is 0 Å². The van der Waals surface area contributed by atoms with E-state index in [9.17, 15) is 5.26 Å². The van der Waals surface area contributed by atoms with Gasteiger partial charge in [-0.25, -0.2) is 0 Å². The topological polar surface area (TPSA) is 68.8 Å². The Hall–Kier alpha value is -1.99. The summed E-state index contributed by atoms with van der Waals surface area (Å²) in [5.41, 5.74) is 10.1. The van der Waals surface area contributed by atoms with E-state index in [0.717, 1.165) is 48.0 Å². The van der Waals surface area contributed by atoms with E-state index in [0.29, 0.717) is 6.04 Å². The minimum Gasteiger partial charge on any atom is -0.370 e. The lowest BCUT2D eigenvalue weighted by molar-refractivity contribution is 0.502. The highest BCUT2D eigenvalue weighted by Gasteiger charge is 2.19. The summed E-state index contributed by atoms with van der Waals surface area (Å²) in [4.78, 5) is 5.63. The Morgan fingerprint density at radius 3 is 2.79 bits per heavy atom. The molecule has 1 saturated heterocycles. The minimum atomic E-state index is 0.329. The fraction of sp³-hybridized carbons (Fsp3) is 0.400. The van der Waals surface area contributed by atoms with Crippen molar-refractivity contribution in [2.45, 2.75) is 25.8 Å². The zero-order valence-corrected chi connectivity index (χ0v) is 11.1. The summed E-state index contributed by atoms with van der Waals surface area (Å²) in [5, 5.41) is 10.2. The van der Waals surface area contributed by atoms with Crippen LogP contribution in [-0.2, 0) is 0 Å². The largest absolute Gasteiger partial charge is 0.370 e. The second-order valence-corrected chi connectivity index (χ2v) is 5.29. The van der Waals surface area contributed by atoms with Crippen LogP contribution in [0, 0.1) is 18.3 Å². The molecule has 1 aromatic heterocycles. The lowest BCUT2D eigenvalue weighted by atomic mass is 10.0. The van der Waals surface area contributed by atoms with Crippen molar-refractivity contribution < 1.29 is 0 Å². The first-order chi connectivity index (χ1) is 9.20. The van der Waals surface area contributed by atoms with Crippen molar-refractivity contribution in [3.63, 3.8) is 0 Å². The molecule has 0 spiro atoms. The number of aromatic amines is 1. The number of nitrogens with two attached hydrogens (primary N) is 1. The Bertz CT molecular complexity index is 642. The normalized spacial score (nSPS) is 16.8. The average Bonchev–Trinajstić information content (AvgIpc) is 2.85. The zero-order chi connectivity index (χ0) is 13.4. The summed E-state index contributed by atoms with van der Waals surface area (Å²) in [6.45, 7) is 4.02. The third-order valence-electron chi connectivity index (χ3n) is 4.02. The highest BCUT2D eigenvalue weighted by Crippen LogP contribution is 2.32. The van der Waals surface area contributed by atoms with Crippen molar-refractivity contribution in [2.24, 2.45) is 5.73 Å². The Kier molecular flexibility index (Phi) is 2.92. The van der Waals surface area contributed by atoms with Gasteiger partial charge < -0.3 is 15.6 Å². The highest BCUT2D eigenvalue weighted by atomic mass is 15.1. The number of piperidine rings is 1. The van der Waals surface area contributed by atoms with Crippen molar-refractivity contribution >= 4 is 16.6 Å². The lowest BCUT2D eigenvalue weighted by Crippen LogP contribution is -2.39. The van der Waals surface area contributed by atoms with E-state index in [1.165, 1.54) is 5.69 Å². The Morgan fingerprint density at radius 2 is 2.11 bits per heavy atom. The van der Waals surface area contributed by atoms with Gasteiger partial charge in [-0.2, -0.15) is 5.26 Å². The number of nitrogens with one attached hydrogen (secondary N) is 1. The van der Waals surface area contributed by atoms with Crippen LogP contribution in [0.2, 0.25) is 0 Å². The molecular weight excluding hydrogens is 236 g/mol. The molecule has 0 bridgehead atoms. The number of hydrogen-bond acceptors (Lipinski definition) is 3. The lowest BCUT2D eigenvalue weighted by Gasteiger charge is -2.32. The van der Waals surface area contributed by atoms with Crippen molar-refractivity contribution in [2.75, 3.05) is 18.0 Å². The van der Waals surface area contributed by atoms with E-state index in [1.54, 1.807) is 6.20 Å². The number of anilines is 1. The maximum absolute atomic E-state index is 9.18. The number of nitriles is 1. The van der Waals surface area contributed by atoms with Crippen LogP contribution in [0.5, 0.6) is 0 Å². The smallest absolute Gasteiger partial charge is 0.101 e. The van der Waals surface area contributed by atoms with Crippen LogP contribution in [0.4, 0.5) is 5.69 Å². The van der Waals surface area contributed by atoms with Crippen LogP contribution in [0.3, 0.4) is 0 Å². The van der Waals surface area contributed by atoms with Crippen LogP contribution in [-0.4, -0.2) is 24.1 Å². The highest BCUT2D eigenvalue weighted by molar-refractivity contribution is 5.97. The number of H-pyrrole nitrogens is 1. The third-order valence-corrected chi connectivity index (χ3v) is 4.02. The molecule has 4 heteroatoms. The number of fused-ring (bicyclic) bond motifs is 1. The maximum Gasteiger partial charge on any atom is 0.101 e. The number of hydrogen-bond donors (Lipinski definition) is 2.